The Balaban J connectivity index is 3.58. The summed E-state index contributed by atoms with van der Waals surface area (Å²) in [5.74, 6) is 0.0734. The van der Waals surface area contributed by atoms with E-state index in [-0.39, 0.29) is 20.9 Å². The van der Waals surface area contributed by atoms with E-state index < -0.39 is 5.54 Å². The number of rotatable bonds is 1. The molecule has 0 aromatic carbocycles. The SMILES string of the molecule is CC(C)(C)C1=CC(Br)(C(C)(C)C)C=C(C(C)(C)N)C1=O. The number of halogens is 1. The van der Waals surface area contributed by atoms with Crippen LogP contribution in [0.2, 0.25) is 0 Å². The molecule has 1 unspecified atom stereocenters. The van der Waals surface area contributed by atoms with E-state index in [1.165, 1.54) is 0 Å². The van der Waals surface area contributed by atoms with Gasteiger partial charge in [-0.2, -0.15) is 0 Å². The van der Waals surface area contributed by atoms with Gasteiger partial charge in [0.15, 0.2) is 5.78 Å². The van der Waals surface area contributed by atoms with E-state index in [2.05, 4.69) is 63.5 Å². The highest BCUT2D eigenvalue weighted by molar-refractivity contribution is 9.10. The first kappa shape index (κ1) is 17.6. The zero-order valence-corrected chi connectivity index (χ0v) is 15.6. The van der Waals surface area contributed by atoms with Crippen LogP contribution in [0, 0.1) is 10.8 Å². The van der Waals surface area contributed by atoms with Crippen molar-refractivity contribution in [2.45, 2.75) is 65.3 Å². The third-order valence-electron chi connectivity index (χ3n) is 3.85. The molecule has 1 atom stereocenters. The summed E-state index contributed by atoms with van der Waals surface area (Å²) in [6.07, 6.45) is 4.08. The van der Waals surface area contributed by atoms with E-state index in [9.17, 15) is 4.79 Å². The minimum Gasteiger partial charge on any atom is -0.322 e. The van der Waals surface area contributed by atoms with Crippen molar-refractivity contribution in [3.8, 4) is 0 Å². The van der Waals surface area contributed by atoms with Crippen LogP contribution in [0.1, 0.15) is 55.4 Å². The number of hydrogen-bond acceptors (Lipinski definition) is 2. The first-order valence-electron chi connectivity index (χ1n) is 7.09. The number of ketones is 1. The van der Waals surface area contributed by atoms with Crippen molar-refractivity contribution in [1.29, 1.82) is 0 Å². The predicted octanol–water partition coefficient (Wildman–Crippen LogP) is 4.39. The van der Waals surface area contributed by atoms with E-state index in [0.717, 1.165) is 5.57 Å². The maximum atomic E-state index is 12.8. The van der Waals surface area contributed by atoms with Gasteiger partial charge in [0.25, 0.3) is 0 Å². The Morgan fingerprint density at radius 1 is 0.950 bits per heavy atom. The van der Waals surface area contributed by atoms with Gasteiger partial charge >= 0.3 is 0 Å². The van der Waals surface area contributed by atoms with Gasteiger partial charge < -0.3 is 5.73 Å². The Bertz CT molecular complexity index is 445. The number of hydrogen-bond donors (Lipinski definition) is 1. The molecule has 0 bridgehead atoms. The Kier molecular flexibility index (Phi) is 4.24. The fraction of sp³-hybridized carbons (Fsp3) is 0.706. The van der Waals surface area contributed by atoms with Crippen LogP contribution in [-0.2, 0) is 4.79 Å². The van der Waals surface area contributed by atoms with E-state index >= 15 is 0 Å². The van der Waals surface area contributed by atoms with Gasteiger partial charge in [-0.3, -0.25) is 4.79 Å². The van der Waals surface area contributed by atoms with Crippen LogP contribution in [-0.4, -0.2) is 15.6 Å². The number of carbonyl (C=O) groups excluding carboxylic acids is 1. The minimum atomic E-state index is -0.647. The Morgan fingerprint density at radius 2 is 1.35 bits per heavy atom. The number of carbonyl (C=O) groups is 1. The zero-order chi connectivity index (χ0) is 16.1. The fourth-order valence-corrected chi connectivity index (χ4v) is 2.66. The molecule has 0 aromatic heterocycles. The number of allylic oxidation sites excluding steroid dienone is 3. The van der Waals surface area contributed by atoms with Gasteiger partial charge in [0.05, 0.1) is 4.32 Å². The molecule has 3 heteroatoms. The molecule has 114 valence electrons. The Morgan fingerprint density at radius 3 is 1.65 bits per heavy atom. The highest BCUT2D eigenvalue weighted by atomic mass is 79.9. The summed E-state index contributed by atoms with van der Waals surface area (Å²) in [5, 5.41) is 0. The van der Waals surface area contributed by atoms with Gasteiger partial charge in [-0.15, -0.1) is 0 Å². The molecule has 0 aromatic rings. The van der Waals surface area contributed by atoms with Crippen LogP contribution in [0.3, 0.4) is 0 Å². The van der Waals surface area contributed by atoms with Gasteiger partial charge in [0.1, 0.15) is 0 Å². The van der Waals surface area contributed by atoms with Gasteiger partial charge in [0.2, 0.25) is 0 Å². The number of Topliss-reactive ketones (excluding diaryl/α,β-unsaturated/α-hetero) is 1. The molecule has 0 saturated carbocycles. The molecule has 20 heavy (non-hydrogen) atoms. The normalized spacial score (nSPS) is 25.4. The van der Waals surface area contributed by atoms with E-state index in [1.54, 1.807) is 0 Å². The second-order valence-electron chi connectivity index (χ2n) is 8.43. The summed E-state index contributed by atoms with van der Waals surface area (Å²) >= 11 is 3.85. The molecule has 1 aliphatic carbocycles. The summed E-state index contributed by atoms with van der Waals surface area (Å²) in [5.41, 5.74) is 6.85. The third-order valence-corrected chi connectivity index (χ3v) is 5.50. The van der Waals surface area contributed by atoms with Gasteiger partial charge in [-0.1, -0.05) is 69.6 Å². The van der Waals surface area contributed by atoms with Crippen LogP contribution < -0.4 is 5.73 Å². The molecule has 2 nitrogen and oxygen atoms in total. The summed E-state index contributed by atoms with van der Waals surface area (Å²) in [6.45, 7) is 16.5. The van der Waals surface area contributed by atoms with Crippen LogP contribution in [0.5, 0.6) is 0 Å². The summed E-state index contributed by atoms with van der Waals surface area (Å²) < 4.78 is -0.359. The van der Waals surface area contributed by atoms with Gasteiger partial charge in [-0.05, 0) is 24.7 Å². The summed E-state index contributed by atoms with van der Waals surface area (Å²) in [6, 6.07) is 0. The molecule has 0 saturated heterocycles. The smallest absolute Gasteiger partial charge is 0.186 e. The zero-order valence-electron chi connectivity index (χ0n) is 14.0. The van der Waals surface area contributed by atoms with Crippen molar-refractivity contribution in [2.75, 3.05) is 0 Å². The van der Waals surface area contributed by atoms with Crippen molar-refractivity contribution in [3.63, 3.8) is 0 Å². The van der Waals surface area contributed by atoms with Crippen LogP contribution in [0.15, 0.2) is 23.3 Å². The first-order valence-corrected chi connectivity index (χ1v) is 7.88. The van der Waals surface area contributed by atoms with Gasteiger partial charge in [-0.25, -0.2) is 0 Å². The fourth-order valence-electron chi connectivity index (χ4n) is 2.21. The molecule has 0 aliphatic heterocycles. The van der Waals surface area contributed by atoms with Crippen molar-refractivity contribution < 1.29 is 4.79 Å². The van der Waals surface area contributed by atoms with Crippen LogP contribution >= 0.6 is 15.9 Å². The lowest BCUT2D eigenvalue weighted by Gasteiger charge is -2.42. The number of alkyl halides is 1. The monoisotopic (exact) mass is 341 g/mol. The lowest BCUT2D eigenvalue weighted by atomic mass is 9.68. The molecule has 0 spiro atoms. The molecular formula is C17H28BrNO. The van der Waals surface area contributed by atoms with Crippen LogP contribution in [0.4, 0.5) is 0 Å². The van der Waals surface area contributed by atoms with Crippen LogP contribution in [0.25, 0.3) is 0 Å². The summed E-state index contributed by atoms with van der Waals surface area (Å²) in [7, 11) is 0. The molecule has 1 aliphatic rings. The molecular weight excluding hydrogens is 314 g/mol. The van der Waals surface area contributed by atoms with Crippen molar-refractivity contribution in [1.82, 2.24) is 0 Å². The third kappa shape index (κ3) is 3.25. The van der Waals surface area contributed by atoms with Crippen molar-refractivity contribution in [2.24, 2.45) is 16.6 Å². The lowest BCUT2D eigenvalue weighted by molar-refractivity contribution is -0.113. The Hall–Kier alpha value is -0.410. The molecule has 0 amide bonds. The average Bonchev–Trinajstić information content (AvgIpc) is 2.16. The van der Waals surface area contributed by atoms with Crippen molar-refractivity contribution >= 4 is 21.7 Å². The first-order chi connectivity index (χ1) is 8.59. The predicted molar refractivity (Wildman–Crippen MR) is 90.0 cm³/mol. The Labute approximate surface area is 132 Å². The molecule has 0 radical (unpaired) electrons. The van der Waals surface area contributed by atoms with E-state index in [1.807, 2.05) is 19.9 Å². The standard InChI is InChI=1S/C17H28BrNO/c1-14(2,3)11-9-17(18,15(4,5)6)10-12(13(11)20)16(7,8)19/h9-10H,19H2,1-8H3. The highest BCUT2D eigenvalue weighted by Gasteiger charge is 2.45. The minimum absolute atomic E-state index is 0.0549. The van der Waals surface area contributed by atoms with E-state index in [0.29, 0.717) is 5.57 Å². The van der Waals surface area contributed by atoms with Gasteiger partial charge in [0, 0.05) is 16.7 Å². The molecule has 0 fully saturated rings. The molecule has 2 N–H and O–H groups in total. The lowest BCUT2D eigenvalue weighted by Crippen LogP contribution is -2.46. The molecule has 1 rings (SSSR count). The number of nitrogens with two attached hydrogens (primary N) is 1. The quantitative estimate of drug-likeness (QED) is 0.719. The summed E-state index contributed by atoms with van der Waals surface area (Å²) in [4.78, 5) is 12.8. The largest absolute Gasteiger partial charge is 0.322 e. The topological polar surface area (TPSA) is 43.1 Å². The second kappa shape index (κ2) is 4.81. The maximum absolute atomic E-state index is 12.8. The molecule has 0 heterocycles. The average molecular weight is 342 g/mol. The van der Waals surface area contributed by atoms with Crippen molar-refractivity contribution in [3.05, 3.63) is 23.3 Å². The second-order valence-corrected chi connectivity index (χ2v) is 9.75. The highest BCUT2D eigenvalue weighted by Crippen LogP contribution is 2.48. The maximum Gasteiger partial charge on any atom is 0.186 e. The van der Waals surface area contributed by atoms with E-state index in [4.69, 9.17) is 5.73 Å².